The van der Waals surface area contributed by atoms with Gasteiger partial charge in [0.2, 0.25) is 0 Å². The van der Waals surface area contributed by atoms with Crippen molar-refractivity contribution in [2.24, 2.45) is 0 Å². The fourth-order valence-electron chi connectivity index (χ4n) is 1.78. The van der Waals surface area contributed by atoms with Crippen molar-refractivity contribution in [3.8, 4) is 6.07 Å². The maximum atomic E-state index is 13.2. The van der Waals surface area contributed by atoms with Crippen LogP contribution in [0, 0.1) is 23.0 Å². The molecule has 0 aliphatic heterocycles. The van der Waals surface area contributed by atoms with Crippen molar-refractivity contribution in [2.75, 3.05) is 0 Å². The number of nitriles is 1. The molecule has 0 aliphatic carbocycles. The zero-order valence-corrected chi connectivity index (χ0v) is 11.7. The van der Waals surface area contributed by atoms with Gasteiger partial charge in [0.15, 0.2) is 5.78 Å². The van der Waals surface area contributed by atoms with Crippen LogP contribution in [0.4, 0.5) is 8.78 Å². The predicted molar refractivity (Wildman–Crippen MR) is 73.2 cm³/mol. The Labute approximate surface area is 122 Å². The Balaban J connectivity index is 2.42. The molecule has 0 bridgehead atoms. The molecule has 0 radical (unpaired) electrons. The molecule has 5 heteroatoms. The van der Waals surface area contributed by atoms with Gasteiger partial charge in [0, 0.05) is 10.0 Å². The summed E-state index contributed by atoms with van der Waals surface area (Å²) in [6.07, 6.45) is 0. The molecular weight excluding hydrogens is 328 g/mol. The van der Waals surface area contributed by atoms with Crippen LogP contribution >= 0.6 is 15.9 Å². The molecule has 0 spiro atoms. The molecule has 0 aromatic heterocycles. The molecule has 0 aliphatic rings. The number of carbonyl (C=O) groups is 1. The highest BCUT2D eigenvalue weighted by atomic mass is 79.9. The van der Waals surface area contributed by atoms with Crippen molar-refractivity contribution in [2.45, 2.75) is 5.92 Å². The van der Waals surface area contributed by atoms with Crippen LogP contribution in [-0.2, 0) is 0 Å². The summed E-state index contributed by atoms with van der Waals surface area (Å²) < 4.78 is 26.5. The second-order valence-electron chi connectivity index (χ2n) is 4.10. The van der Waals surface area contributed by atoms with Gasteiger partial charge >= 0.3 is 0 Å². The first-order valence-corrected chi connectivity index (χ1v) is 6.46. The quantitative estimate of drug-likeness (QED) is 0.788. The van der Waals surface area contributed by atoms with Crippen LogP contribution in [-0.4, -0.2) is 5.78 Å². The van der Waals surface area contributed by atoms with Gasteiger partial charge in [-0.3, -0.25) is 4.79 Å². The van der Waals surface area contributed by atoms with E-state index in [4.69, 9.17) is 5.26 Å². The Kier molecular flexibility index (Phi) is 4.26. The van der Waals surface area contributed by atoms with E-state index in [0.29, 0.717) is 10.0 Å². The molecule has 20 heavy (non-hydrogen) atoms. The van der Waals surface area contributed by atoms with Crippen molar-refractivity contribution in [3.05, 3.63) is 69.7 Å². The van der Waals surface area contributed by atoms with Gasteiger partial charge in [-0.2, -0.15) is 5.26 Å². The summed E-state index contributed by atoms with van der Waals surface area (Å²) in [5.41, 5.74) is 0.455. The van der Waals surface area contributed by atoms with E-state index in [1.165, 1.54) is 36.4 Å². The lowest BCUT2D eigenvalue weighted by atomic mass is 9.92. The van der Waals surface area contributed by atoms with Crippen molar-refractivity contribution < 1.29 is 13.6 Å². The third-order valence-electron chi connectivity index (χ3n) is 2.79. The van der Waals surface area contributed by atoms with Crippen LogP contribution in [0.25, 0.3) is 0 Å². The standard InChI is InChI=1S/C15H8BrF2NO/c16-14-6-5-11(18)7-12(14)15(20)13(8-19)9-1-3-10(17)4-2-9/h1-7,13H. The number of hydrogen-bond donors (Lipinski definition) is 0. The summed E-state index contributed by atoms with van der Waals surface area (Å²) >= 11 is 3.16. The molecule has 2 aromatic rings. The number of nitrogens with zero attached hydrogens (tertiary/aromatic N) is 1. The van der Waals surface area contributed by atoms with Gasteiger partial charge in [-0.15, -0.1) is 0 Å². The molecule has 0 heterocycles. The minimum atomic E-state index is -1.10. The van der Waals surface area contributed by atoms with Gasteiger partial charge in [-0.05, 0) is 35.9 Å². The number of rotatable bonds is 3. The minimum absolute atomic E-state index is 0.0841. The van der Waals surface area contributed by atoms with Crippen molar-refractivity contribution in [1.82, 2.24) is 0 Å². The minimum Gasteiger partial charge on any atom is -0.292 e. The molecule has 2 rings (SSSR count). The van der Waals surface area contributed by atoms with Gasteiger partial charge in [-0.1, -0.05) is 28.1 Å². The van der Waals surface area contributed by atoms with E-state index >= 15 is 0 Å². The maximum Gasteiger partial charge on any atom is 0.185 e. The molecule has 0 fully saturated rings. The van der Waals surface area contributed by atoms with Gasteiger partial charge in [-0.25, -0.2) is 8.78 Å². The number of hydrogen-bond acceptors (Lipinski definition) is 2. The summed E-state index contributed by atoms with van der Waals surface area (Å²) in [5.74, 6) is -2.66. The number of carbonyl (C=O) groups excluding carboxylic acids is 1. The summed E-state index contributed by atoms with van der Waals surface area (Å²) in [4.78, 5) is 12.3. The summed E-state index contributed by atoms with van der Waals surface area (Å²) in [5, 5.41) is 9.17. The Morgan fingerprint density at radius 1 is 1.10 bits per heavy atom. The van der Waals surface area contributed by atoms with Gasteiger partial charge in [0.1, 0.15) is 17.6 Å². The Morgan fingerprint density at radius 3 is 2.30 bits per heavy atom. The topological polar surface area (TPSA) is 40.9 Å². The fourth-order valence-corrected chi connectivity index (χ4v) is 2.22. The van der Waals surface area contributed by atoms with Gasteiger partial charge in [0.25, 0.3) is 0 Å². The van der Waals surface area contributed by atoms with Gasteiger partial charge in [0.05, 0.1) is 6.07 Å². The molecule has 1 unspecified atom stereocenters. The van der Waals surface area contributed by atoms with Crippen molar-refractivity contribution >= 4 is 21.7 Å². The lowest BCUT2D eigenvalue weighted by molar-refractivity contribution is 0.0977. The first kappa shape index (κ1) is 14.4. The summed E-state index contributed by atoms with van der Waals surface area (Å²) in [7, 11) is 0. The fraction of sp³-hybridized carbons (Fsp3) is 0.0667. The van der Waals surface area contributed by atoms with E-state index in [2.05, 4.69) is 15.9 Å². The van der Waals surface area contributed by atoms with Crippen LogP contribution < -0.4 is 0 Å². The number of Topliss-reactive ketones (excluding diaryl/α,β-unsaturated/α-hetero) is 1. The average Bonchev–Trinajstić information content (AvgIpc) is 2.44. The molecule has 0 amide bonds. The highest BCUT2D eigenvalue weighted by molar-refractivity contribution is 9.10. The Morgan fingerprint density at radius 2 is 1.70 bits per heavy atom. The smallest absolute Gasteiger partial charge is 0.185 e. The van der Waals surface area contributed by atoms with Crippen LogP contribution in [0.1, 0.15) is 21.8 Å². The number of halogens is 3. The van der Waals surface area contributed by atoms with E-state index in [1.54, 1.807) is 0 Å². The van der Waals surface area contributed by atoms with E-state index < -0.39 is 23.3 Å². The SMILES string of the molecule is N#CC(C(=O)c1cc(F)ccc1Br)c1ccc(F)cc1. The average molecular weight is 336 g/mol. The van der Waals surface area contributed by atoms with Crippen LogP contribution in [0.3, 0.4) is 0 Å². The molecule has 0 saturated carbocycles. The molecule has 100 valence electrons. The highest BCUT2D eigenvalue weighted by Gasteiger charge is 2.24. The van der Waals surface area contributed by atoms with E-state index in [0.717, 1.165) is 6.07 Å². The lowest BCUT2D eigenvalue weighted by Gasteiger charge is -2.10. The van der Waals surface area contributed by atoms with E-state index in [-0.39, 0.29) is 5.56 Å². The molecule has 2 nitrogen and oxygen atoms in total. The normalized spacial score (nSPS) is 11.7. The largest absolute Gasteiger partial charge is 0.292 e. The van der Waals surface area contributed by atoms with Crippen LogP contribution in [0.5, 0.6) is 0 Å². The Hall–Kier alpha value is -2.06. The lowest BCUT2D eigenvalue weighted by Crippen LogP contribution is -2.12. The molecule has 0 N–H and O–H groups in total. The maximum absolute atomic E-state index is 13.2. The van der Waals surface area contributed by atoms with Crippen LogP contribution in [0.15, 0.2) is 46.9 Å². The molecule has 2 aromatic carbocycles. The molecular formula is C15H8BrF2NO. The van der Waals surface area contributed by atoms with Crippen molar-refractivity contribution in [1.29, 1.82) is 5.26 Å². The first-order chi connectivity index (χ1) is 9.52. The van der Waals surface area contributed by atoms with Gasteiger partial charge < -0.3 is 0 Å². The van der Waals surface area contributed by atoms with E-state index in [1.807, 2.05) is 6.07 Å². The van der Waals surface area contributed by atoms with Crippen LogP contribution in [0.2, 0.25) is 0 Å². The van der Waals surface area contributed by atoms with Crippen molar-refractivity contribution in [3.63, 3.8) is 0 Å². The highest BCUT2D eigenvalue weighted by Crippen LogP contribution is 2.26. The summed E-state index contributed by atoms with van der Waals surface area (Å²) in [6.45, 7) is 0. The molecule has 1 atom stereocenters. The monoisotopic (exact) mass is 335 g/mol. The third kappa shape index (κ3) is 2.91. The second kappa shape index (κ2) is 5.93. The zero-order valence-electron chi connectivity index (χ0n) is 10.1. The molecule has 0 saturated heterocycles. The zero-order chi connectivity index (χ0) is 14.7. The Bertz CT molecular complexity index is 692. The first-order valence-electron chi connectivity index (χ1n) is 5.67. The second-order valence-corrected chi connectivity index (χ2v) is 4.96. The summed E-state index contributed by atoms with van der Waals surface area (Å²) in [6, 6.07) is 10.6. The third-order valence-corrected chi connectivity index (χ3v) is 3.48. The van der Waals surface area contributed by atoms with E-state index in [9.17, 15) is 13.6 Å². The number of ketones is 1. The number of benzene rings is 2. The predicted octanol–water partition coefficient (Wildman–Crippen LogP) is 4.22.